The molecular weight excluding hydrogens is 410 g/mol. The number of benzene rings is 1. The maximum atomic E-state index is 4.33. The van der Waals surface area contributed by atoms with Crippen LogP contribution < -0.4 is 5.32 Å². The fraction of sp³-hybridized carbons (Fsp3) is 0.576. The number of hydrogen-bond donors (Lipinski definition) is 1. The lowest BCUT2D eigenvalue weighted by atomic mass is 9.78. The fourth-order valence-corrected chi connectivity index (χ4v) is 6.09. The summed E-state index contributed by atoms with van der Waals surface area (Å²) in [7, 11) is 0. The summed E-state index contributed by atoms with van der Waals surface area (Å²) in [5.41, 5.74) is 9.79. The molecule has 1 aliphatic heterocycles. The fourth-order valence-electron chi connectivity index (χ4n) is 6.09. The van der Waals surface area contributed by atoms with Gasteiger partial charge < -0.3 is 5.32 Å². The molecule has 3 rings (SSSR count). The van der Waals surface area contributed by atoms with Crippen LogP contribution in [0, 0.1) is 37.5 Å². The molecule has 1 aromatic carbocycles. The van der Waals surface area contributed by atoms with Gasteiger partial charge in [0.05, 0.1) is 0 Å². The van der Waals surface area contributed by atoms with Gasteiger partial charge in [-0.2, -0.15) is 0 Å². The van der Waals surface area contributed by atoms with Crippen LogP contribution in [-0.2, 0) is 12.8 Å². The summed E-state index contributed by atoms with van der Waals surface area (Å²) in [6, 6.07) is 5.28. The van der Waals surface area contributed by atoms with E-state index in [4.69, 9.17) is 0 Å². The quantitative estimate of drug-likeness (QED) is 0.257. The van der Waals surface area contributed by atoms with Crippen LogP contribution >= 0.6 is 0 Å². The Morgan fingerprint density at radius 3 is 2.68 bits per heavy atom. The van der Waals surface area contributed by atoms with Gasteiger partial charge in [0.1, 0.15) is 0 Å². The van der Waals surface area contributed by atoms with Crippen LogP contribution in [0.4, 0.5) is 0 Å². The second-order valence-electron chi connectivity index (χ2n) is 11.6. The summed E-state index contributed by atoms with van der Waals surface area (Å²) in [6.45, 7) is 22.1. The van der Waals surface area contributed by atoms with E-state index in [1.165, 1.54) is 64.8 Å². The molecule has 0 aromatic heterocycles. The highest BCUT2D eigenvalue weighted by Crippen LogP contribution is 2.51. The van der Waals surface area contributed by atoms with Gasteiger partial charge in [0.25, 0.3) is 0 Å². The molecular formula is C33H49N. The predicted molar refractivity (Wildman–Crippen MR) is 150 cm³/mol. The number of nitrogens with one attached hydrogen (secondary N) is 1. The summed E-state index contributed by atoms with van der Waals surface area (Å²) >= 11 is 0. The first kappa shape index (κ1) is 26.6. The van der Waals surface area contributed by atoms with E-state index in [9.17, 15) is 0 Å². The van der Waals surface area contributed by atoms with Crippen molar-refractivity contribution in [1.29, 1.82) is 0 Å². The maximum Gasteiger partial charge on any atom is 0.0295 e. The molecule has 1 nitrogen and oxygen atoms in total. The third kappa shape index (κ3) is 7.49. The van der Waals surface area contributed by atoms with Crippen molar-refractivity contribution in [2.45, 2.75) is 99.0 Å². The molecule has 2 fully saturated rings. The highest BCUT2D eigenvalue weighted by atomic mass is 14.9. The van der Waals surface area contributed by atoms with Crippen molar-refractivity contribution in [1.82, 2.24) is 5.32 Å². The molecule has 2 aliphatic rings. The predicted octanol–water partition coefficient (Wildman–Crippen LogP) is 8.81. The van der Waals surface area contributed by atoms with Gasteiger partial charge in [-0.25, -0.2) is 0 Å². The Bertz CT molecular complexity index is 930. The third-order valence-electron chi connectivity index (χ3n) is 8.48. The Hall–Kier alpha value is -2.02. The summed E-state index contributed by atoms with van der Waals surface area (Å²) in [5.74, 6) is 3.46. The minimum Gasteiger partial charge on any atom is -0.386 e. The lowest BCUT2D eigenvalue weighted by Gasteiger charge is -2.36. The van der Waals surface area contributed by atoms with Gasteiger partial charge in [-0.1, -0.05) is 61.9 Å². The van der Waals surface area contributed by atoms with E-state index in [-0.39, 0.29) is 0 Å². The molecule has 186 valence electrons. The van der Waals surface area contributed by atoms with Crippen LogP contribution in [0.5, 0.6) is 0 Å². The van der Waals surface area contributed by atoms with Gasteiger partial charge in [0.15, 0.2) is 0 Å². The van der Waals surface area contributed by atoms with Gasteiger partial charge in [0.2, 0.25) is 0 Å². The standard InChI is InChI=1S/C33H49N/c1-9-29-19-28(17-24(5)26(29)7)16-23(4)12-10-11-13-32-20-31(18-25(6)34-32)27(8)33-21-30(33)15-14-22(2)3/h10-12,17,19,27,30-34H,2,6,9,13-16,18,20-21H2,1,3-5,7-8H3/b11-10+,23-12+. The van der Waals surface area contributed by atoms with Crippen LogP contribution in [-0.4, -0.2) is 6.04 Å². The molecule has 0 amide bonds. The topological polar surface area (TPSA) is 12.0 Å². The highest BCUT2D eigenvalue weighted by Gasteiger charge is 2.43. The van der Waals surface area contributed by atoms with Crippen molar-refractivity contribution in [3.63, 3.8) is 0 Å². The number of piperidine rings is 1. The molecule has 1 heteroatoms. The minimum atomic E-state index is 0.526. The molecule has 0 spiro atoms. The van der Waals surface area contributed by atoms with Crippen LogP contribution in [0.2, 0.25) is 0 Å². The minimum absolute atomic E-state index is 0.526. The summed E-state index contributed by atoms with van der Waals surface area (Å²) in [6.07, 6.45) is 16.6. The highest BCUT2D eigenvalue weighted by molar-refractivity contribution is 5.39. The van der Waals surface area contributed by atoms with E-state index in [2.05, 4.69) is 90.4 Å². The molecule has 0 radical (unpaired) electrons. The number of rotatable bonds is 11. The zero-order valence-electron chi connectivity index (χ0n) is 22.8. The van der Waals surface area contributed by atoms with E-state index in [1.807, 2.05) is 0 Å². The number of allylic oxidation sites excluding steroid dienone is 5. The Labute approximate surface area is 210 Å². The number of hydrogen-bond acceptors (Lipinski definition) is 1. The van der Waals surface area contributed by atoms with Crippen molar-refractivity contribution in [2.24, 2.45) is 23.7 Å². The molecule has 34 heavy (non-hydrogen) atoms. The van der Waals surface area contributed by atoms with Gasteiger partial charge >= 0.3 is 0 Å². The Balaban J connectivity index is 1.49. The van der Waals surface area contributed by atoms with E-state index < -0.39 is 0 Å². The van der Waals surface area contributed by atoms with Crippen LogP contribution in [0.15, 0.2) is 60.4 Å². The first-order valence-electron chi connectivity index (χ1n) is 13.7. The monoisotopic (exact) mass is 459 g/mol. The Morgan fingerprint density at radius 1 is 1.21 bits per heavy atom. The SMILES string of the molecule is C=C(C)CCC1CC1C(C)C1CC(=C)NC(C/C=C/C=C(\C)Cc2cc(C)c(C)c(CC)c2)C1. The van der Waals surface area contributed by atoms with Gasteiger partial charge in [0, 0.05) is 11.7 Å². The summed E-state index contributed by atoms with van der Waals surface area (Å²) < 4.78 is 0. The number of aryl methyl sites for hydroxylation is 2. The molecule has 1 saturated carbocycles. The van der Waals surface area contributed by atoms with E-state index in [0.717, 1.165) is 49.4 Å². The molecule has 5 unspecified atom stereocenters. The second kappa shape index (κ2) is 12.1. The van der Waals surface area contributed by atoms with Crippen LogP contribution in [0.25, 0.3) is 0 Å². The van der Waals surface area contributed by atoms with Gasteiger partial charge in [-0.15, -0.1) is 6.58 Å². The first-order valence-corrected chi connectivity index (χ1v) is 13.7. The van der Waals surface area contributed by atoms with E-state index in [1.54, 1.807) is 0 Å². The zero-order valence-corrected chi connectivity index (χ0v) is 22.8. The molecule has 1 aromatic rings. The smallest absolute Gasteiger partial charge is 0.0295 e. The lowest BCUT2D eigenvalue weighted by Crippen LogP contribution is -2.38. The lowest BCUT2D eigenvalue weighted by molar-refractivity contribution is 0.231. The molecule has 1 heterocycles. The van der Waals surface area contributed by atoms with Crippen molar-refractivity contribution in [3.05, 3.63) is 82.6 Å². The van der Waals surface area contributed by atoms with Crippen molar-refractivity contribution < 1.29 is 0 Å². The average molecular weight is 460 g/mol. The maximum absolute atomic E-state index is 4.33. The van der Waals surface area contributed by atoms with Crippen molar-refractivity contribution in [2.75, 3.05) is 0 Å². The molecule has 5 atom stereocenters. The first-order chi connectivity index (χ1) is 16.2. The summed E-state index contributed by atoms with van der Waals surface area (Å²) in [5, 5.41) is 3.69. The third-order valence-corrected chi connectivity index (χ3v) is 8.48. The Kier molecular flexibility index (Phi) is 9.46. The Morgan fingerprint density at radius 2 is 1.97 bits per heavy atom. The van der Waals surface area contributed by atoms with Gasteiger partial charge in [-0.3, -0.25) is 0 Å². The molecule has 1 saturated heterocycles. The van der Waals surface area contributed by atoms with Crippen LogP contribution in [0.3, 0.4) is 0 Å². The normalized spacial score (nSPS) is 25.9. The van der Waals surface area contributed by atoms with Gasteiger partial charge in [-0.05, 0) is 125 Å². The van der Waals surface area contributed by atoms with Crippen LogP contribution in [0.1, 0.15) is 88.5 Å². The average Bonchev–Trinajstić information content (AvgIpc) is 3.56. The van der Waals surface area contributed by atoms with E-state index >= 15 is 0 Å². The second-order valence-corrected chi connectivity index (χ2v) is 11.6. The van der Waals surface area contributed by atoms with Crippen molar-refractivity contribution in [3.8, 4) is 0 Å². The molecule has 1 aliphatic carbocycles. The summed E-state index contributed by atoms with van der Waals surface area (Å²) in [4.78, 5) is 0. The molecule has 1 N–H and O–H groups in total. The molecule has 0 bridgehead atoms. The zero-order chi connectivity index (χ0) is 24.8. The van der Waals surface area contributed by atoms with E-state index in [0.29, 0.717) is 6.04 Å². The largest absolute Gasteiger partial charge is 0.386 e. The van der Waals surface area contributed by atoms with Crippen molar-refractivity contribution >= 4 is 0 Å².